The Bertz CT molecular complexity index is 1500. The van der Waals surface area contributed by atoms with Crippen molar-refractivity contribution < 1.29 is 9.00 Å². The number of hydrogen-bond donors (Lipinski definition) is 1. The van der Waals surface area contributed by atoms with E-state index in [0.717, 1.165) is 41.6 Å². The zero-order valence-corrected chi connectivity index (χ0v) is 24.3. The fourth-order valence-corrected chi connectivity index (χ4v) is 6.47. The van der Waals surface area contributed by atoms with Crippen molar-refractivity contribution >= 4 is 34.2 Å². The lowest BCUT2D eigenvalue weighted by Crippen LogP contribution is -2.32. The van der Waals surface area contributed by atoms with Crippen molar-refractivity contribution in [2.24, 2.45) is 0 Å². The van der Waals surface area contributed by atoms with Gasteiger partial charge in [-0.1, -0.05) is 61.0 Å². The molecule has 1 N–H and O–H groups in total. The number of aromatic nitrogens is 2. The van der Waals surface area contributed by atoms with Crippen LogP contribution < -0.4 is 9.62 Å². The summed E-state index contributed by atoms with van der Waals surface area (Å²) in [5, 5.41) is 0.554. The van der Waals surface area contributed by atoms with Gasteiger partial charge in [-0.25, -0.2) is 18.9 Å². The monoisotopic (exact) mass is 572 g/mol. The van der Waals surface area contributed by atoms with Crippen molar-refractivity contribution in [1.82, 2.24) is 14.7 Å². The summed E-state index contributed by atoms with van der Waals surface area (Å²) in [5.41, 5.74) is 5.09. The Labute approximate surface area is 243 Å². The first kappa shape index (κ1) is 28.1. The number of fused-ring (bicyclic) bond motifs is 1. The van der Waals surface area contributed by atoms with E-state index in [4.69, 9.17) is 11.6 Å². The summed E-state index contributed by atoms with van der Waals surface area (Å²) in [6.07, 6.45) is 6.72. The van der Waals surface area contributed by atoms with E-state index in [-0.39, 0.29) is 17.9 Å². The van der Waals surface area contributed by atoms with Gasteiger partial charge in [0.2, 0.25) is 5.91 Å². The summed E-state index contributed by atoms with van der Waals surface area (Å²) in [6, 6.07) is 23.3. The molecule has 1 aliphatic rings. The van der Waals surface area contributed by atoms with Gasteiger partial charge in [-0.05, 0) is 79.1 Å². The quantitative estimate of drug-likeness (QED) is 0.238. The van der Waals surface area contributed by atoms with Gasteiger partial charge < -0.3 is 4.90 Å². The molecule has 0 spiro atoms. The molecule has 8 heteroatoms. The molecule has 1 aromatic heterocycles. The van der Waals surface area contributed by atoms with E-state index in [1.54, 1.807) is 30.6 Å². The minimum Gasteiger partial charge on any atom is -0.308 e. The van der Waals surface area contributed by atoms with E-state index in [2.05, 4.69) is 45.9 Å². The second kappa shape index (κ2) is 12.9. The van der Waals surface area contributed by atoms with Gasteiger partial charge in [-0.3, -0.25) is 4.79 Å². The number of aryl methyl sites for hydroxylation is 2. The second-order valence-corrected chi connectivity index (χ2v) is 12.0. The molecule has 0 saturated carbocycles. The Kier molecular flexibility index (Phi) is 9.04. The summed E-state index contributed by atoms with van der Waals surface area (Å²) in [7, 11) is -1.42. The van der Waals surface area contributed by atoms with Crippen LogP contribution in [-0.4, -0.2) is 20.1 Å². The van der Waals surface area contributed by atoms with Gasteiger partial charge in [0.25, 0.3) is 0 Å². The highest BCUT2D eigenvalue weighted by molar-refractivity contribution is 7.83. The highest BCUT2D eigenvalue weighted by atomic mass is 35.5. The lowest BCUT2D eigenvalue weighted by molar-refractivity contribution is -0.119. The van der Waals surface area contributed by atoms with Crippen LogP contribution in [0.3, 0.4) is 0 Å². The molecule has 5 rings (SSSR count). The third-order valence-electron chi connectivity index (χ3n) is 7.34. The molecule has 1 aliphatic carbocycles. The largest absolute Gasteiger partial charge is 0.308 e. The average molecular weight is 573 g/mol. The van der Waals surface area contributed by atoms with Crippen LogP contribution in [0.5, 0.6) is 0 Å². The van der Waals surface area contributed by atoms with Gasteiger partial charge in [0.15, 0.2) is 0 Å². The predicted octanol–water partition coefficient (Wildman–Crippen LogP) is 6.86. The smallest absolute Gasteiger partial charge is 0.227 e. The Balaban J connectivity index is 1.44. The van der Waals surface area contributed by atoms with E-state index in [1.807, 2.05) is 42.2 Å². The Hall–Kier alpha value is -3.39. The van der Waals surface area contributed by atoms with Gasteiger partial charge in [0.05, 0.1) is 11.4 Å². The van der Waals surface area contributed by atoms with Gasteiger partial charge in [0.1, 0.15) is 16.8 Å². The first-order valence-corrected chi connectivity index (χ1v) is 15.1. The van der Waals surface area contributed by atoms with Crippen LogP contribution in [0.4, 0.5) is 5.69 Å². The van der Waals surface area contributed by atoms with Crippen LogP contribution in [-0.2, 0) is 28.7 Å². The lowest BCUT2D eigenvalue weighted by Gasteiger charge is -2.30. The van der Waals surface area contributed by atoms with Gasteiger partial charge in [-0.15, -0.1) is 0 Å². The summed E-state index contributed by atoms with van der Waals surface area (Å²) in [5.74, 6) is 0.784. The van der Waals surface area contributed by atoms with Crippen molar-refractivity contribution in [3.8, 4) is 0 Å². The fraction of sp³-hybridized carbons (Fsp3) is 0.281. The number of rotatable bonds is 9. The number of benzene rings is 3. The lowest BCUT2D eigenvalue weighted by atomic mass is 9.87. The topological polar surface area (TPSA) is 75.2 Å². The van der Waals surface area contributed by atoms with Crippen LogP contribution in [0.25, 0.3) is 0 Å². The number of carbonyl (C=O) groups excluding carboxylic acids is 1. The number of carbonyl (C=O) groups is 1. The molecule has 3 atom stereocenters. The second-order valence-electron chi connectivity index (χ2n) is 10.3. The minimum absolute atomic E-state index is 0.0275. The first-order chi connectivity index (χ1) is 19.4. The van der Waals surface area contributed by atoms with Crippen molar-refractivity contribution in [1.29, 1.82) is 0 Å². The number of nitrogens with zero attached hydrogens (tertiary/aromatic N) is 3. The first-order valence-electron chi connectivity index (χ1n) is 13.6. The van der Waals surface area contributed by atoms with E-state index in [0.29, 0.717) is 28.7 Å². The molecule has 1 amide bonds. The normalized spacial score (nSPS) is 16.1. The molecule has 4 aromatic rings. The fourth-order valence-electron chi connectivity index (χ4n) is 5.13. The van der Waals surface area contributed by atoms with E-state index >= 15 is 0 Å². The zero-order valence-electron chi connectivity index (χ0n) is 22.7. The molecule has 1 heterocycles. The molecule has 2 unspecified atom stereocenters. The van der Waals surface area contributed by atoms with Gasteiger partial charge in [-0.2, -0.15) is 0 Å². The van der Waals surface area contributed by atoms with Crippen molar-refractivity contribution in [2.45, 2.75) is 62.9 Å². The maximum atomic E-state index is 13.9. The Morgan fingerprint density at radius 2 is 1.85 bits per heavy atom. The third kappa shape index (κ3) is 6.84. The zero-order chi connectivity index (χ0) is 28.1. The molecule has 3 aromatic carbocycles. The summed E-state index contributed by atoms with van der Waals surface area (Å²) in [6.45, 7) is 4.29. The third-order valence-corrected chi connectivity index (χ3v) is 8.76. The number of nitrogens with one attached hydrogen (secondary N) is 1. The van der Waals surface area contributed by atoms with Crippen molar-refractivity contribution in [3.05, 3.63) is 118 Å². The maximum Gasteiger partial charge on any atom is 0.227 e. The highest BCUT2D eigenvalue weighted by Crippen LogP contribution is 2.35. The molecule has 206 valence electrons. The van der Waals surface area contributed by atoms with E-state index < -0.39 is 11.0 Å². The van der Waals surface area contributed by atoms with Gasteiger partial charge in [0, 0.05) is 41.1 Å². The number of amides is 1. The van der Waals surface area contributed by atoms with Crippen LogP contribution in [0.1, 0.15) is 66.2 Å². The number of anilines is 1. The number of hydrogen-bond acceptors (Lipinski definition) is 4. The maximum absolute atomic E-state index is 13.9. The summed E-state index contributed by atoms with van der Waals surface area (Å²) < 4.78 is 16.5. The molecule has 0 bridgehead atoms. The van der Waals surface area contributed by atoms with Crippen molar-refractivity contribution in [2.75, 3.05) is 4.90 Å². The molecular formula is C32H33ClN4O2S. The molecule has 40 heavy (non-hydrogen) atoms. The predicted molar refractivity (Wildman–Crippen MR) is 161 cm³/mol. The highest BCUT2D eigenvalue weighted by Gasteiger charge is 2.26. The molecular weight excluding hydrogens is 540 g/mol. The average Bonchev–Trinajstić information content (AvgIpc) is 2.97. The molecule has 6 nitrogen and oxygen atoms in total. The summed E-state index contributed by atoms with van der Waals surface area (Å²) in [4.78, 5) is 25.0. The Morgan fingerprint density at radius 1 is 1.07 bits per heavy atom. The van der Waals surface area contributed by atoms with Crippen molar-refractivity contribution in [3.63, 3.8) is 0 Å². The SMILES string of the molecule is Cc1ncc(CN(C(=O)C[C@H](C)c2ccccc2)c2ccc3c(c2)C(NS(=O)c2cccc(Cl)c2)CCC3)cn1. The molecule has 0 radical (unpaired) electrons. The van der Waals surface area contributed by atoms with E-state index in [9.17, 15) is 9.00 Å². The van der Waals surface area contributed by atoms with Crippen LogP contribution in [0.15, 0.2) is 90.1 Å². The van der Waals surface area contributed by atoms with E-state index in [1.165, 1.54) is 5.56 Å². The Morgan fingerprint density at radius 3 is 2.60 bits per heavy atom. The molecule has 0 fully saturated rings. The van der Waals surface area contributed by atoms with Gasteiger partial charge >= 0.3 is 0 Å². The summed E-state index contributed by atoms with van der Waals surface area (Å²) >= 11 is 6.14. The van der Waals surface area contributed by atoms with Crippen LogP contribution >= 0.6 is 11.6 Å². The van der Waals surface area contributed by atoms with Crippen LogP contribution in [0.2, 0.25) is 5.02 Å². The standard InChI is InChI=1S/C32H33ClN4O2S/c1-22(25-8-4-3-5-9-25)16-32(38)37(21-24-19-34-23(2)35-20-24)28-15-14-26-10-6-13-31(30(26)18-28)36-40(39)29-12-7-11-27(33)17-29/h3-5,7-9,11-12,14-15,17-20,22,31,36H,6,10,13,16,21H2,1-2H3/t22-,31?,40?/m0/s1. The van der Waals surface area contributed by atoms with Crippen LogP contribution in [0, 0.1) is 6.92 Å². The molecule has 0 aliphatic heterocycles. The molecule has 0 saturated heterocycles. The number of halogens is 1. The minimum atomic E-state index is -1.42.